The molecule has 2 aromatic carbocycles. The van der Waals surface area contributed by atoms with Crippen molar-refractivity contribution >= 4 is 22.6 Å². The molecular formula is C20H18N2O4. The Balaban J connectivity index is 1.55. The zero-order chi connectivity index (χ0) is 18.4. The van der Waals surface area contributed by atoms with Gasteiger partial charge in [-0.3, -0.25) is 0 Å². The van der Waals surface area contributed by atoms with Crippen LogP contribution in [0.1, 0.15) is 18.2 Å². The van der Waals surface area contributed by atoms with Gasteiger partial charge in [0, 0.05) is 5.39 Å². The Labute approximate surface area is 150 Å². The van der Waals surface area contributed by atoms with Crippen LogP contribution in [-0.4, -0.2) is 21.8 Å². The minimum Gasteiger partial charge on any atom is -0.487 e. The normalized spacial score (nSPS) is 11.3. The second kappa shape index (κ2) is 8.11. The average Bonchev–Trinajstić information content (AvgIpc) is 2.67. The van der Waals surface area contributed by atoms with E-state index in [1.54, 1.807) is 0 Å². The maximum Gasteiger partial charge on any atom is 0.353 e. The number of oxime groups is 1. The van der Waals surface area contributed by atoms with Crippen molar-refractivity contribution < 1.29 is 19.5 Å². The molecule has 1 N–H and O–H groups in total. The number of benzene rings is 2. The van der Waals surface area contributed by atoms with E-state index in [1.807, 2.05) is 60.7 Å². The summed E-state index contributed by atoms with van der Waals surface area (Å²) in [5.74, 6) is -0.384. The van der Waals surface area contributed by atoms with Crippen molar-refractivity contribution in [3.8, 4) is 5.75 Å². The first-order valence-electron chi connectivity index (χ1n) is 8.08. The summed E-state index contributed by atoms with van der Waals surface area (Å²) in [5.41, 5.74) is 2.57. The summed E-state index contributed by atoms with van der Waals surface area (Å²) in [7, 11) is 0. The van der Waals surface area contributed by atoms with Crippen molar-refractivity contribution in [1.82, 2.24) is 4.98 Å². The van der Waals surface area contributed by atoms with Crippen molar-refractivity contribution in [2.75, 3.05) is 0 Å². The molecule has 26 heavy (non-hydrogen) atoms. The van der Waals surface area contributed by atoms with Gasteiger partial charge < -0.3 is 14.7 Å². The molecule has 0 bridgehead atoms. The van der Waals surface area contributed by atoms with Gasteiger partial charge in [0.15, 0.2) is 5.71 Å². The summed E-state index contributed by atoms with van der Waals surface area (Å²) < 4.78 is 5.76. The van der Waals surface area contributed by atoms with Gasteiger partial charge in [-0.05, 0) is 36.8 Å². The predicted octanol–water partition coefficient (Wildman–Crippen LogP) is 3.79. The molecule has 0 unspecified atom stereocenters. The van der Waals surface area contributed by atoms with E-state index in [-0.39, 0.29) is 12.3 Å². The van der Waals surface area contributed by atoms with Gasteiger partial charge >= 0.3 is 5.97 Å². The van der Waals surface area contributed by atoms with E-state index in [0.29, 0.717) is 12.4 Å². The van der Waals surface area contributed by atoms with Crippen LogP contribution in [-0.2, 0) is 22.8 Å². The number of pyridine rings is 1. The number of carboxylic acid groups (broad SMARTS) is 1. The molecule has 3 rings (SSSR count). The van der Waals surface area contributed by atoms with E-state index >= 15 is 0 Å². The first-order chi connectivity index (χ1) is 12.6. The van der Waals surface area contributed by atoms with Crippen LogP contribution in [0.15, 0.2) is 65.8 Å². The second-order valence-electron chi connectivity index (χ2n) is 5.68. The van der Waals surface area contributed by atoms with Gasteiger partial charge in [0.05, 0.1) is 11.2 Å². The van der Waals surface area contributed by atoms with Gasteiger partial charge in [0.1, 0.15) is 19.0 Å². The Kier molecular flexibility index (Phi) is 5.43. The molecule has 3 aromatic rings. The van der Waals surface area contributed by atoms with Crippen LogP contribution in [0.25, 0.3) is 10.9 Å². The number of rotatable bonds is 7. The highest BCUT2D eigenvalue weighted by Crippen LogP contribution is 2.16. The Morgan fingerprint density at radius 1 is 1.04 bits per heavy atom. The topological polar surface area (TPSA) is 81.0 Å². The molecule has 0 aliphatic rings. The van der Waals surface area contributed by atoms with E-state index in [1.165, 1.54) is 6.92 Å². The maximum absolute atomic E-state index is 10.6. The van der Waals surface area contributed by atoms with Crippen molar-refractivity contribution in [3.63, 3.8) is 0 Å². The van der Waals surface area contributed by atoms with Crippen LogP contribution in [0, 0.1) is 0 Å². The van der Waals surface area contributed by atoms with Crippen LogP contribution >= 0.6 is 0 Å². The molecule has 0 atom stereocenters. The van der Waals surface area contributed by atoms with Crippen LogP contribution in [0.5, 0.6) is 5.75 Å². The quantitative estimate of drug-likeness (QED) is 0.518. The molecule has 0 spiro atoms. The molecule has 6 heteroatoms. The molecular weight excluding hydrogens is 332 g/mol. The molecule has 0 amide bonds. The molecule has 0 aliphatic carbocycles. The average molecular weight is 350 g/mol. The maximum atomic E-state index is 10.6. The van der Waals surface area contributed by atoms with E-state index in [4.69, 9.17) is 14.7 Å². The lowest BCUT2D eigenvalue weighted by molar-refractivity contribution is -0.129. The van der Waals surface area contributed by atoms with E-state index < -0.39 is 5.97 Å². The predicted molar refractivity (Wildman–Crippen MR) is 98.1 cm³/mol. The summed E-state index contributed by atoms with van der Waals surface area (Å²) in [6.07, 6.45) is 0. The zero-order valence-electron chi connectivity index (χ0n) is 14.3. The zero-order valence-corrected chi connectivity index (χ0v) is 14.3. The van der Waals surface area contributed by atoms with E-state index in [0.717, 1.165) is 22.2 Å². The van der Waals surface area contributed by atoms with Crippen LogP contribution in [0.4, 0.5) is 0 Å². The van der Waals surface area contributed by atoms with Crippen LogP contribution in [0.2, 0.25) is 0 Å². The molecule has 0 radical (unpaired) electrons. The lowest BCUT2D eigenvalue weighted by atomic mass is 10.2. The van der Waals surface area contributed by atoms with Gasteiger partial charge in [0.2, 0.25) is 0 Å². The largest absolute Gasteiger partial charge is 0.487 e. The van der Waals surface area contributed by atoms with Gasteiger partial charge in [-0.1, -0.05) is 41.6 Å². The number of carbonyl (C=O) groups is 1. The number of para-hydroxylation sites is 1. The third kappa shape index (κ3) is 4.57. The standard InChI is InChI=1S/C20H18N2O4/c1-14(20(23)24)22-26-12-15-6-10-18(11-7-15)25-13-17-9-8-16-4-2-3-5-19(16)21-17/h2-11H,12-13H2,1H3,(H,23,24)/b22-14+. The summed E-state index contributed by atoms with van der Waals surface area (Å²) in [6, 6.07) is 19.3. The van der Waals surface area contributed by atoms with E-state index in [9.17, 15) is 4.79 Å². The minimum absolute atomic E-state index is 0.0900. The van der Waals surface area contributed by atoms with Crippen LogP contribution in [0.3, 0.4) is 0 Å². The van der Waals surface area contributed by atoms with Gasteiger partial charge in [-0.25, -0.2) is 9.78 Å². The fourth-order valence-corrected chi connectivity index (χ4v) is 2.27. The number of fused-ring (bicyclic) bond motifs is 1. The summed E-state index contributed by atoms with van der Waals surface area (Å²) in [5, 5.41) is 13.3. The van der Waals surface area contributed by atoms with Gasteiger partial charge in [0.25, 0.3) is 0 Å². The lowest BCUT2D eigenvalue weighted by Gasteiger charge is -2.07. The first kappa shape index (κ1) is 17.4. The molecule has 0 aliphatic heterocycles. The number of hydrogen-bond donors (Lipinski definition) is 1. The summed E-state index contributed by atoms with van der Waals surface area (Å²) in [4.78, 5) is 20.2. The number of aromatic nitrogens is 1. The summed E-state index contributed by atoms with van der Waals surface area (Å²) in [6.45, 7) is 1.94. The van der Waals surface area contributed by atoms with Crippen molar-refractivity contribution in [2.24, 2.45) is 5.16 Å². The second-order valence-corrected chi connectivity index (χ2v) is 5.68. The lowest BCUT2D eigenvalue weighted by Crippen LogP contribution is -2.08. The van der Waals surface area contributed by atoms with Crippen LogP contribution < -0.4 is 4.74 Å². The van der Waals surface area contributed by atoms with Gasteiger partial charge in [-0.2, -0.15) is 0 Å². The molecule has 132 valence electrons. The number of hydrogen-bond acceptors (Lipinski definition) is 5. The number of nitrogens with zero attached hydrogens (tertiary/aromatic N) is 2. The first-order valence-corrected chi connectivity index (χ1v) is 8.08. The highest BCUT2D eigenvalue weighted by Gasteiger charge is 2.03. The molecule has 6 nitrogen and oxygen atoms in total. The van der Waals surface area contributed by atoms with Crippen molar-refractivity contribution in [1.29, 1.82) is 0 Å². The Morgan fingerprint density at radius 2 is 1.81 bits per heavy atom. The monoisotopic (exact) mass is 350 g/mol. The Hall–Kier alpha value is -3.41. The highest BCUT2D eigenvalue weighted by atomic mass is 16.6. The molecule has 0 saturated carbocycles. The summed E-state index contributed by atoms with van der Waals surface area (Å²) >= 11 is 0. The molecule has 1 aromatic heterocycles. The number of carboxylic acids is 1. The Bertz CT molecular complexity index is 936. The minimum atomic E-state index is -1.10. The SMILES string of the molecule is C/C(=N\OCc1ccc(OCc2ccc3ccccc3n2)cc1)C(=O)O. The fraction of sp³-hybridized carbons (Fsp3) is 0.150. The smallest absolute Gasteiger partial charge is 0.353 e. The van der Waals surface area contributed by atoms with Gasteiger partial charge in [-0.15, -0.1) is 0 Å². The fourth-order valence-electron chi connectivity index (χ4n) is 2.27. The number of ether oxygens (including phenoxy) is 1. The van der Waals surface area contributed by atoms with Crippen molar-refractivity contribution in [2.45, 2.75) is 20.1 Å². The van der Waals surface area contributed by atoms with Crippen molar-refractivity contribution in [3.05, 3.63) is 71.9 Å². The number of aliphatic carboxylic acids is 1. The third-order valence-corrected chi connectivity index (χ3v) is 3.71. The molecule has 1 heterocycles. The highest BCUT2D eigenvalue weighted by molar-refractivity contribution is 6.34. The Morgan fingerprint density at radius 3 is 2.58 bits per heavy atom. The van der Waals surface area contributed by atoms with E-state index in [2.05, 4.69) is 10.1 Å². The third-order valence-electron chi connectivity index (χ3n) is 3.71. The molecule has 0 saturated heterocycles. The molecule has 0 fully saturated rings.